The number of aliphatic hydroxyl groups is 1. The molecule has 0 fully saturated rings. The number of nitro groups is 1. The van der Waals surface area contributed by atoms with Crippen LogP contribution in [0, 0.1) is 10.1 Å². The molecule has 16 heavy (non-hydrogen) atoms. The van der Waals surface area contributed by atoms with Crippen LogP contribution < -0.4 is 10.5 Å². The van der Waals surface area contributed by atoms with Crippen molar-refractivity contribution in [2.45, 2.75) is 12.5 Å². The summed E-state index contributed by atoms with van der Waals surface area (Å²) in [5.41, 5.74) is 5.84. The summed E-state index contributed by atoms with van der Waals surface area (Å²) in [6, 6.07) is 4.26. The van der Waals surface area contributed by atoms with Gasteiger partial charge < -0.3 is 15.6 Å². The number of rotatable bonds is 5. The average Bonchev–Trinajstić information content (AvgIpc) is 2.28. The van der Waals surface area contributed by atoms with Gasteiger partial charge in [0.1, 0.15) is 5.75 Å². The Bertz CT molecular complexity index is 381. The van der Waals surface area contributed by atoms with E-state index in [9.17, 15) is 15.2 Å². The molecule has 0 aromatic heterocycles. The molecular formula is C10H14N2O4. The van der Waals surface area contributed by atoms with Gasteiger partial charge in [0.2, 0.25) is 0 Å². The maximum atomic E-state index is 10.6. The number of nitrogens with two attached hydrogens (primary N) is 1. The van der Waals surface area contributed by atoms with E-state index < -0.39 is 11.0 Å². The van der Waals surface area contributed by atoms with E-state index in [1.165, 1.54) is 25.3 Å². The quantitative estimate of drug-likeness (QED) is 0.561. The van der Waals surface area contributed by atoms with Crippen molar-refractivity contribution in [2.75, 3.05) is 13.7 Å². The van der Waals surface area contributed by atoms with E-state index in [0.29, 0.717) is 11.3 Å². The fourth-order valence-corrected chi connectivity index (χ4v) is 1.38. The number of nitro benzene ring substituents is 1. The van der Waals surface area contributed by atoms with Crippen LogP contribution in [0.1, 0.15) is 5.56 Å². The van der Waals surface area contributed by atoms with E-state index in [-0.39, 0.29) is 18.7 Å². The van der Waals surface area contributed by atoms with Gasteiger partial charge in [0, 0.05) is 30.7 Å². The fourth-order valence-electron chi connectivity index (χ4n) is 1.38. The lowest BCUT2D eigenvalue weighted by molar-refractivity contribution is -0.384. The van der Waals surface area contributed by atoms with Crippen molar-refractivity contribution in [3.05, 3.63) is 33.9 Å². The largest absolute Gasteiger partial charge is 0.496 e. The molecule has 6 heteroatoms. The van der Waals surface area contributed by atoms with E-state index in [0.717, 1.165) is 0 Å². The molecule has 0 heterocycles. The van der Waals surface area contributed by atoms with E-state index in [1.54, 1.807) is 0 Å². The zero-order valence-corrected chi connectivity index (χ0v) is 8.92. The van der Waals surface area contributed by atoms with Gasteiger partial charge in [0.05, 0.1) is 18.1 Å². The third-order valence-corrected chi connectivity index (χ3v) is 2.20. The number of nitrogens with zero attached hydrogens (tertiary/aromatic N) is 1. The summed E-state index contributed by atoms with van der Waals surface area (Å²) in [7, 11) is 1.47. The van der Waals surface area contributed by atoms with Gasteiger partial charge in [0.15, 0.2) is 0 Å². The van der Waals surface area contributed by atoms with Crippen molar-refractivity contribution in [3.63, 3.8) is 0 Å². The molecule has 0 bridgehead atoms. The molecule has 0 aliphatic rings. The summed E-state index contributed by atoms with van der Waals surface area (Å²) < 4.78 is 5.05. The Morgan fingerprint density at radius 2 is 2.31 bits per heavy atom. The Morgan fingerprint density at radius 3 is 2.81 bits per heavy atom. The maximum Gasteiger partial charge on any atom is 0.269 e. The third kappa shape index (κ3) is 2.91. The van der Waals surface area contributed by atoms with Gasteiger partial charge in [-0.2, -0.15) is 0 Å². The monoisotopic (exact) mass is 226 g/mol. The molecule has 0 radical (unpaired) electrons. The van der Waals surface area contributed by atoms with Crippen LogP contribution in [0.4, 0.5) is 5.69 Å². The van der Waals surface area contributed by atoms with Crippen molar-refractivity contribution < 1.29 is 14.8 Å². The molecule has 0 aliphatic heterocycles. The van der Waals surface area contributed by atoms with Gasteiger partial charge in [-0.3, -0.25) is 10.1 Å². The van der Waals surface area contributed by atoms with Crippen LogP contribution in [0.2, 0.25) is 0 Å². The molecular weight excluding hydrogens is 212 g/mol. The Labute approximate surface area is 92.8 Å². The summed E-state index contributed by atoms with van der Waals surface area (Å²) in [5.74, 6) is 0.512. The Kier molecular flexibility index (Phi) is 4.21. The molecule has 3 N–H and O–H groups in total. The van der Waals surface area contributed by atoms with Crippen molar-refractivity contribution >= 4 is 5.69 Å². The minimum atomic E-state index is -0.726. The topological polar surface area (TPSA) is 98.6 Å². The van der Waals surface area contributed by atoms with Crippen molar-refractivity contribution in [1.82, 2.24) is 0 Å². The van der Waals surface area contributed by atoms with Crippen molar-refractivity contribution in [1.29, 1.82) is 0 Å². The molecule has 0 saturated heterocycles. The van der Waals surface area contributed by atoms with Crippen molar-refractivity contribution in [3.8, 4) is 5.75 Å². The molecule has 0 aliphatic carbocycles. The molecule has 0 amide bonds. The predicted molar refractivity (Wildman–Crippen MR) is 58.4 cm³/mol. The number of methoxy groups -OCH3 is 1. The zero-order valence-electron chi connectivity index (χ0n) is 8.92. The van der Waals surface area contributed by atoms with Gasteiger partial charge in [-0.15, -0.1) is 0 Å². The first-order valence-electron chi connectivity index (χ1n) is 4.78. The highest BCUT2D eigenvalue weighted by Gasteiger charge is 2.13. The third-order valence-electron chi connectivity index (χ3n) is 2.20. The highest BCUT2D eigenvalue weighted by atomic mass is 16.6. The Hall–Kier alpha value is -1.66. The molecule has 6 nitrogen and oxygen atoms in total. The molecule has 88 valence electrons. The first-order valence-corrected chi connectivity index (χ1v) is 4.78. The van der Waals surface area contributed by atoms with E-state index in [2.05, 4.69) is 0 Å². The lowest BCUT2D eigenvalue weighted by atomic mass is 10.1. The van der Waals surface area contributed by atoms with Crippen LogP contribution in [0.5, 0.6) is 5.75 Å². The van der Waals surface area contributed by atoms with Crippen molar-refractivity contribution in [2.24, 2.45) is 5.73 Å². The predicted octanol–water partition coefficient (Wildman–Crippen LogP) is 0.465. The number of ether oxygens (including phenoxy) is 1. The fraction of sp³-hybridized carbons (Fsp3) is 0.400. The SMILES string of the molecule is COc1ccc([N+](=O)[O-])cc1CC(O)CN. The summed E-state index contributed by atoms with van der Waals surface area (Å²) >= 11 is 0. The highest BCUT2D eigenvalue weighted by Crippen LogP contribution is 2.24. The van der Waals surface area contributed by atoms with Crippen LogP contribution in [0.25, 0.3) is 0 Å². The number of aliphatic hydroxyl groups excluding tert-OH is 1. The lowest BCUT2D eigenvalue weighted by Gasteiger charge is -2.11. The number of hydrogen-bond acceptors (Lipinski definition) is 5. The summed E-state index contributed by atoms with van der Waals surface area (Å²) in [6.07, 6.45) is -0.489. The molecule has 1 aromatic rings. The summed E-state index contributed by atoms with van der Waals surface area (Å²) in [4.78, 5) is 10.1. The van der Waals surface area contributed by atoms with E-state index in [4.69, 9.17) is 10.5 Å². The molecule has 0 spiro atoms. The zero-order chi connectivity index (χ0) is 12.1. The minimum absolute atomic E-state index is 0.0278. The van der Waals surface area contributed by atoms with Crippen LogP contribution in [-0.2, 0) is 6.42 Å². The molecule has 0 saturated carbocycles. The summed E-state index contributed by atoms with van der Waals surface area (Å²) in [5, 5.41) is 20.0. The van der Waals surface area contributed by atoms with Gasteiger partial charge in [0.25, 0.3) is 5.69 Å². The normalized spacial score (nSPS) is 12.2. The molecule has 1 rings (SSSR count). The Balaban J connectivity index is 3.02. The molecule has 1 atom stereocenters. The smallest absolute Gasteiger partial charge is 0.269 e. The van der Waals surface area contributed by atoms with Crippen LogP contribution in [0.3, 0.4) is 0 Å². The second kappa shape index (κ2) is 5.43. The Morgan fingerprint density at radius 1 is 1.62 bits per heavy atom. The minimum Gasteiger partial charge on any atom is -0.496 e. The van der Waals surface area contributed by atoms with Gasteiger partial charge in [-0.05, 0) is 6.07 Å². The highest BCUT2D eigenvalue weighted by molar-refractivity contribution is 5.44. The molecule has 1 aromatic carbocycles. The van der Waals surface area contributed by atoms with E-state index >= 15 is 0 Å². The first-order chi connectivity index (χ1) is 7.58. The maximum absolute atomic E-state index is 10.6. The standard InChI is InChI=1S/C10H14N2O4/c1-16-10-3-2-8(12(14)15)4-7(10)5-9(13)6-11/h2-4,9,13H,5-6,11H2,1H3. The van der Waals surface area contributed by atoms with Gasteiger partial charge >= 0.3 is 0 Å². The lowest BCUT2D eigenvalue weighted by Crippen LogP contribution is -2.22. The first kappa shape index (κ1) is 12.4. The number of non-ortho nitro benzene ring substituents is 1. The molecule has 1 unspecified atom stereocenters. The van der Waals surface area contributed by atoms with Crippen LogP contribution >= 0.6 is 0 Å². The number of benzene rings is 1. The second-order valence-corrected chi connectivity index (χ2v) is 3.35. The van der Waals surface area contributed by atoms with E-state index in [1.807, 2.05) is 0 Å². The number of hydrogen-bond donors (Lipinski definition) is 2. The van der Waals surface area contributed by atoms with Gasteiger partial charge in [-0.25, -0.2) is 0 Å². The van der Waals surface area contributed by atoms with Gasteiger partial charge in [-0.1, -0.05) is 0 Å². The average molecular weight is 226 g/mol. The second-order valence-electron chi connectivity index (χ2n) is 3.35. The van der Waals surface area contributed by atoms with Crippen LogP contribution in [-0.4, -0.2) is 29.8 Å². The summed E-state index contributed by atoms with van der Waals surface area (Å²) in [6.45, 7) is 0.103. The van der Waals surface area contributed by atoms with Crippen LogP contribution in [0.15, 0.2) is 18.2 Å².